The number of aliphatic hydroxyl groups excluding tert-OH is 1. The highest BCUT2D eigenvalue weighted by molar-refractivity contribution is 5.78. The average molecular weight is 215 g/mol. The summed E-state index contributed by atoms with van der Waals surface area (Å²) in [5.41, 5.74) is 0.131. The second-order valence-electron chi connectivity index (χ2n) is 2.99. The molecule has 0 atom stereocenters. The van der Waals surface area contributed by atoms with Crippen molar-refractivity contribution in [2.75, 3.05) is 13.2 Å². The van der Waals surface area contributed by atoms with Crippen LogP contribution < -0.4 is 5.32 Å². The van der Waals surface area contributed by atoms with Crippen molar-refractivity contribution < 1.29 is 18.7 Å². The van der Waals surface area contributed by atoms with Crippen molar-refractivity contribution in [2.45, 2.75) is 6.42 Å². The van der Waals surface area contributed by atoms with E-state index in [-0.39, 0.29) is 25.1 Å². The van der Waals surface area contributed by atoms with Crippen molar-refractivity contribution in [2.24, 2.45) is 0 Å². The number of benzene rings is 1. The van der Waals surface area contributed by atoms with Crippen LogP contribution in [0.5, 0.6) is 0 Å². The molecule has 0 aliphatic rings. The van der Waals surface area contributed by atoms with Crippen LogP contribution in [0.2, 0.25) is 0 Å². The van der Waals surface area contributed by atoms with Crippen LogP contribution in [0, 0.1) is 11.6 Å². The van der Waals surface area contributed by atoms with Gasteiger partial charge in [-0.25, -0.2) is 8.78 Å². The minimum Gasteiger partial charge on any atom is -0.395 e. The lowest BCUT2D eigenvalue weighted by Gasteiger charge is -2.04. The molecule has 0 saturated carbocycles. The first-order valence-corrected chi connectivity index (χ1v) is 4.45. The standard InChI is InChI=1S/C10H11F2NO2/c11-8-2-1-7(9(12)6-8)5-10(15)13-3-4-14/h1-2,6,14H,3-5H2,(H,13,15). The van der Waals surface area contributed by atoms with Gasteiger partial charge in [-0.2, -0.15) is 0 Å². The second-order valence-corrected chi connectivity index (χ2v) is 2.99. The van der Waals surface area contributed by atoms with Crippen LogP contribution >= 0.6 is 0 Å². The SMILES string of the molecule is O=C(Cc1ccc(F)cc1F)NCCO. The molecule has 1 aromatic carbocycles. The zero-order chi connectivity index (χ0) is 11.3. The van der Waals surface area contributed by atoms with Crippen LogP contribution in [-0.4, -0.2) is 24.2 Å². The smallest absolute Gasteiger partial charge is 0.224 e. The third kappa shape index (κ3) is 3.63. The summed E-state index contributed by atoms with van der Waals surface area (Å²) in [6, 6.07) is 3.05. The Morgan fingerprint density at radius 3 is 2.73 bits per heavy atom. The maximum absolute atomic E-state index is 13.1. The van der Waals surface area contributed by atoms with Crippen LogP contribution in [0.15, 0.2) is 18.2 Å². The summed E-state index contributed by atoms with van der Waals surface area (Å²) < 4.78 is 25.6. The minimum atomic E-state index is -0.742. The summed E-state index contributed by atoms with van der Waals surface area (Å²) in [7, 11) is 0. The fourth-order valence-electron chi connectivity index (χ4n) is 1.10. The molecule has 0 spiro atoms. The van der Waals surface area contributed by atoms with E-state index < -0.39 is 17.5 Å². The Hall–Kier alpha value is -1.49. The lowest BCUT2D eigenvalue weighted by Crippen LogP contribution is -2.28. The Labute approximate surface area is 85.7 Å². The molecular weight excluding hydrogens is 204 g/mol. The summed E-state index contributed by atoms with van der Waals surface area (Å²) in [5.74, 6) is -1.82. The predicted molar refractivity (Wildman–Crippen MR) is 50.2 cm³/mol. The van der Waals surface area contributed by atoms with E-state index in [9.17, 15) is 13.6 Å². The van der Waals surface area contributed by atoms with Gasteiger partial charge < -0.3 is 10.4 Å². The summed E-state index contributed by atoms with van der Waals surface area (Å²) in [5, 5.41) is 10.8. The van der Waals surface area contributed by atoms with Gasteiger partial charge in [0.05, 0.1) is 13.0 Å². The van der Waals surface area contributed by atoms with Gasteiger partial charge in [-0.05, 0) is 11.6 Å². The Bertz CT molecular complexity index is 355. The second kappa shape index (κ2) is 5.41. The van der Waals surface area contributed by atoms with Crippen molar-refractivity contribution in [1.82, 2.24) is 5.32 Å². The number of aliphatic hydroxyl groups is 1. The van der Waals surface area contributed by atoms with Gasteiger partial charge in [0.2, 0.25) is 5.91 Å². The molecular formula is C10H11F2NO2. The molecule has 0 bridgehead atoms. The van der Waals surface area contributed by atoms with Crippen molar-refractivity contribution in [3.63, 3.8) is 0 Å². The number of amides is 1. The van der Waals surface area contributed by atoms with Gasteiger partial charge in [0.15, 0.2) is 0 Å². The van der Waals surface area contributed by atoms with Gasteiger partial charge >= 0.3 is 0 Å². The molecule has 2 N–H and O–H groups in total. The van der Waals surface area contributed by atoms with Gasteiger partial charge in [-0.1, -0.05) is 6.07 Å². The molecule has 0 fully saturated rings. The van der Waals surface area contributed by atoms with Crippen LogP contribution in [0.4, 0.5) is 8.78 Å². The topological polar surface area (TPSA) is 49.3 Å². The monoisotopic (exact) mass is 215 g/mol. The van der Waals surface area contributed by atoms with Gasteiger partial charge in [0.1, 0.15) is 11.6 Å². The first-order valence-electron chi connectivity index (χ1n) is 4.45. The summed E-state index contributed by atoms with van der Waals surface area (Å²) in [6.45, 7) is -0.0424. The number of carbonyl (C=O) groups excluding carboxylic acids is 1. The summed E-state index contributed by atoms with van der Waals surface area (Å²) in [6.07, 6.45) is -0.161. The van der Waals surface area contributed by atoms with Crippen LogP contribution in [-0.2, 0) is 11.2 Å². The number of hydrogen-bond donors (Lipinski definition) is 2. The largest absolute Gasteiger partial charge is 0.395 e. The predicted octanol–water partition coefficient (Wildman–Crippen LogP) is 0.616. The Balaban J connectivity index is 2.60. The molecule has 0 radical (unpaired) electrons. The lowest BCUT2D eigenvalue weighted by molar-refractivity contribution is -0.120. The highest BCUT2D eigenvalue weighted by Crippen LogP contribution is 2.09. The molecule has 82 valence electrons. The first kappa shape index (κ1) is 11.6. The normalized spacial score (nSPS) is 10.1. The van der Waals surface area contributed by atoms with Gasteiger partial charge in [0.25, 0.3) is 0 Å². The zero-order valence-electron chi connectivity index (χ0n) is 7.96. The van der Waals surface area contributed by atoms with Crippen molar-refractivity contribution >= 4 is 5.91 Å². The average Bonchev–Trinajstić information content (AvgIpc) is 2.19. The Morgan fingerprint density at radius 2 is 2.13 bits per heavy atom. The fraction of sp³-hybridized carbons (Fsp3) is 0.300. The molecule has 0 unspecified atom stereocenters. The fourth-order valence-corrected chi connectivity index (χ4v) is 1.10. The molecule has 15 heavy (non-hydrogen) atoms. The van der Waals surface area contributed by atoms with E-state index in [1.807, 2.05) is 0 Å². The van der Waals surface area contributed by atoms with Gasteiger partial charge in [-0.15, -0.1) is 0 Å². The summed E-state index contributed by atoms with van der Waals surface area (Å²) in [4.78, 5) is 11.1. The molecule has 3 nitrogen and oxygen atoms in total. The number of rotatable bonds is 4. The number of hydrogen-bond acceptors (Lipinski definition) is 2. The molecule has 0 saturated heterocycles. The van der Waals surface area contributed by atoms with E-state index in [1.165, 1.54) is 6.07 Å². The van der Waals surface area contributed by atoms with E-state index in [2.05, 4.69) is 5.32 Å². The third-order valence-electron chi connectivity index (χ3n) is 1.80. The number of carbonyl (C=O) groups is 1. The molecule has 5 heteroatoms. The van der Waals surface area contributed by atoms with Crippen molar-refractivity contribution in [1.29, 1.82) is 0 Å². The molecule has 1 amide bonds. The first-order chi connectivity index (χ1) is 7.13. The molecule has 1 aromatic rings. The Morgan fingerprint density at radius 1 is 1.40 bits per heavy atom. The summed E-state index contributed by atoms with van der Waals surface area (Å²) >= 11 is 0. The minimum absolute atomic E-state index is 0.127. The number of nitrogens with one attached hydrogen (secondary N) is 1. The molecule has 0 heterocycles. The lowest BCUT2D eigenvalue weighted by atomic mass is 10.1. The maximum atomic E-state index is 13.1. The highest BCUT2D eigenvalue weighted by atomic mass is 19.1. The third-order valence-corrected chi connectivity index (χ3v) is 1.80. The van der Waals surface area contributed by atoms with E-state index in [0.29, 0.717) is 0 Å². The van der Waals surface area contributed by atoms with Crippen LogP contribution in [0.25, 0.3) is 0 Å². The van der Waals surface area contributed by atoms with E-state index in [4.69, 9.17) is 5.11 Å². The highest BCUT2D eigenvalue weighted by Gasteiger charge is 2.08. The molecule has 0 aliphatic carbocycles. The molecule has 0 aliphatic heterocycles. The van der Waals surface area contributed by atoms with E-state index in [0.717, 1.165) is 12.1 Å². The molecule has 1 rings (SSSR count). The van der Waals surface area contributed by atoms with Gasteiger partial charge in [0, 0.05) is 12.6 Å². The molecule has 0 aromatic heterocycles. The van der Waals surface area contributed by atoms with Crippen molar-refractivity contribution in [3.05, 3.63) is 35.4 Å². The van der Waals surface area contributed by atoms with E-state index in [1.54, 1.807) is 0 Å². The quantitative estimate of drug-likeness (QED) is 0.773. The van der Waals surface area contributed by atoms with Crippen LogP contribution in [0.1, 0.15) is 5.56 Å². The van der Waals surface area contributed by atoms with Crippen molar-refractivity contribution in [3.8, 4) is 0 Å². The Kier molecular flexibility index (Phi) is 4.17. The maximum Gasteiger partial charge on any atom is 0.224 e. The zero-order valence-corrected chi connectivity index (χ0v) is 7.96. The number of halogens is 2. The van der Waals surface area contributed by atoms with E-state index >= 15 is 0 Å². The van der Waals surface area contributed by atoms with Crippen LogP contribution in [0.3, 0.4) is 0 Å². The van der Waals surface area contributed by atoms with Gasteiger partial charge in [-0.3, -0.25) is 4.79 Å².